The Hall–Kier alpha value is -3.58. The third-order valence-corrected chi connectivity index (χ3v) is 5.32. The van der Waals surface area contributed by atoms with Crippen LogP contribution >= 0.6 is 11.6 Å². The van der Waals surface area contributed by atoms with Gasteiger partial charge in [-0.2, -0.15) is 0 Å². The van der Waals surface area contributed by atoms with E-state index in [4.69, 9.17) is 11.6 Å². The van der Waals surface area contributed by atoms with Gasteiger partial charge >= 0.3 is 0 Å². The summed E-state index contributed by atoms with van der Waals surface area (Å²) in [5.74, 6) is 0. The summed E-state index contributed by atoms with van der Waals surface area (Å²) < 4.78 is 0. The van der Waals surface area contributed by atoms with Gasteiger partial charge in [-0.25, -0.2) is 4.98 Å². The standard InChI is InChI=1S/C22H17ClN4O3/c23-20-17-8-3-10-25-21(17)26-22(28)18(20)7-1-4-14-9-11-24-19(12-14)15-5-2-6-16(13-15)27(29)30/h2-3,5-6,8-13H,1,4,7H2,(H,25,26,28). The highest BCUT2D eigenvalue weighted by Gasteiger charge is 2.12. The maximum Gasteiger partial charge on any atom is 0.270 e. The maximum absolute atomic E-state index is 12.4. The molecule has 4 rings (SSSR count). The molecule has 0 fully saturated rings. The first kappa shape index (κ1) is 19.7. The Morgan fingerprint density at radius 3 is 2.73 bits per heavy atom. The Kier molecular flexibility index (Phi) is 5.54. The molecule has 0 aliphatic heterocycles. The number of benzene rings is 1. The molecule has 150 valence electrons. The molecule has 0 saturated heterocycles. The smallest absolute Gasteiger partial charge is 0.270 e. The van der Waals surface area contributed by atoms with Crippen molar-refractivity contribution < 1.29 is 4.92 Å². The lowest BCUT2D eigenvalue weighted by atomic mass is 10.0. The quantitative estimate of drug-likeness (QED) is 0.359. The topological polar surface area (TPSA) is 102 Å². The number of nitro benzene ring substituents is 1. The SMILES string of the molecule is O=c1[nH]c2ncccc2c(Cl)c1CCCc1ccnc(-c2cccc([N+](=O)[O-])c2)c1. The van der Waals surface area contributed by atoms with Crippen molar-refractivity contribution in [3.63, 3.8) is 0 Å². The third-order valence-electron chi connectivity index (χ3n) is 4.88. The number of hydrogen-bond acceptors (Lipinski definition) is 5. The van der Waals surface area contributed by atoms with Gasteiger partial charge in [0, 0.05) is 41.0 Å². The number of rotatable bonds is 6. The molecule has 0 aliphatic rings. The number of halogens is 1. The average Bonchev–Trinajstić information content (AvgIpc) is 2.76. The molecule has 4 aromatic rings. The molecule has 0 amide bonds. The van der Waals surface area contributed by atoms with Crippen LogP contribution in [0.2, 0.25) is 5.02 Å². The van der Waals surface area contributed by atoms with Gasteiger partial charge in [-0.15, -0.1) is 0 Å². The monoisotopic (exact) mass is 420 g/mol. The largest absolute Gasteiger partial charge is 0.306 e. The van der Waals surface area contributed by atoms with E-state index in [1.165, 1.54) is 12.1 Å². The Labute approximate surface area is 176 Å². The lowest BCUT2D eigenvalue weighted by molar-refractivity contribution is -0.384. The van der Waals surface area contributed by atoms with Crippen LogP contribution in [-0.2, 0) is 12.8 Å². The molecule has 0 aliphatic carbocycles. The van der Waals surface area contributed by atoms with E-state index in [0.717, 1.165) is 10.9 Å². The van der Waals surface area contributed by atoms with Gasteiger partial charge in [0.25, 0.3) is 11.2 Å². The number of aryl methyl sites for hydroxylation is 1. The molecule has 1 aromatic carbocycles. The molecule has 0 radical (unpaired) electrons. The summed E-state index contributed by atoms with van der Waals surface area (Å²) in [5.41, 5.74) is 3.22. The second-order valence-corrected chi connectivity index (χ2v) is 7.23. The zero-order valence-corrected chi connectivity index (χ0v) is 16.6. The molecule has 0 unspecified atom stereocenters. The van der Waals surface area contributed by atoms with E-state index in [1.54, 1.807) is 30.6 Å². The van der Waals surface area contributed by atoms with Crippen LogP contribution in [0.1, 0.15) is 17.5 Å². The molecule has 0 atom stereocenters. The number of nitro groups is 1. The van der Waals surface area contributed by atoms with Crippen LogP contribution in [-0.4, -0.2) is 19.9 Å². The van der Waals surface area contributed by atoms with Gasteiger partial charge in [0.05, 0.1) is 15.6 Å². The average molecular weight is 421 g/mol. The van der Waals surface area contributed by atoms with E-state index in [-0.39, 0.29) is 11.2 Å². The summed E-state index contributed by atoms with van der Waals surface area (Å²) in [6.07, 6.45) is 5.24. The first-order valence-electron chi connectivity index (χ1n) is 9.38. The predicted octanol–water partition coefficient (Wildman–Crippen LogP) is 4.72. The number of H-pyrrole nitrogens is 1. The van der Waals surface area contributed by atoms with Crippen LogP contribution in [0, 0.1) is 10.1 Å². The summed E-state index contributed by atoms with van der Waals surface area (Å²) in [5, 5.41) is 12.2. The van der Waals surface area contributed by atoms with E-state index < -0.39 is 4.92 Å². The molecular formula is C22H17ClN4O3. The number of aromatic amines is 1. The molecule has 1 N–H and O–H groups in total. The summed E-state index contributed by atoms with van der Waals surface area (Å²) in [6.45, 7) is 0. The second-order valence-electron chi connectivity index (χ2n) is 6.86. The fourth-order valence-corrected chi connectivity index (χ4v) is 3.72. The maximum atomic E-state index is 12.4. The van der Waals surface area contributed by atoms with E-state index in [1.807, 2.05) is 18.2 Å². The van der Waals surface area contributed by atoms with Gasteiger partial charge in [0.15, 0.2) is 0 Å². The highest BCUT2D eigenvalue weighted by atomic mass is 35.5. The Bertz CT molecular complexity index is 1300. The number of nitrogens with one attached hydrogen (secondary N) is 1. The highest BCUT2D eigenvalue weighted by molar-refractivity contribution is 6.35. The number of fused-ring (bicyclic) bond motifs is 1. The molecule has 8 heteroatoms. The van der Waals surface area contributed by atoms with E-state index >= 15 is 0 Å². The van der Waals surface area contributed by atoms with Crippen LogP contribution < -0.4 is 5.56 Å². The Balaban J connectivity index is 1.51. The van der Waals surface area contributed by atoms with Gasteiger partial charge in [0.1, 0.15) is 5.65 Å². The first-order chi connectivity index (χ1) is 14.5. The van der Waals surface area contributed by atoms with Gasteiger partial charge in [-0.3, -0.25) is 19.9 Å². The van der Waals surface area contributed by atoms with Crippen molar-refractivity contribution >= 4 is 28.3 Å². The zero-order chi connectivity index (χ0) is 21.1. The van der Waals surface area contributed by atoms with Gasteiger partial charge in [-0.05, 0) is 49.1 Å². The molecule has 7 nitrogen and oxygen atoms in total. The number of nitrogens with zero attached hydrogens (tertiary/aromatic N) is 3. The van der Waals surface area contributed by atoms with Crippen molar-refractivity contribution in [2.24, 2.45) is 0 Å². The van der Waals surface area contributed by atoms with Crippen molar-refractivity contribution in [3.05, 3.63) is 97.5 Å². The molecule has 0 spiro atoms. The summed E-state index contributed by atoms with van der Waals surface area (Å²) in [4.78, 5) is 34.2. The van der Waals surface area contributed by atoms with Gasteiger partial charge in [0.2, 0.25) is 0 Å². The van der Waals surface area contributed by atoms with Gasteiger partial charge in [-0.1, -0.05) is 23.7 Å². The molecule has 30 heavy (non-hydrogen) atoms. The lowest BCUT2D eigenvalue weighted by Crippen LogP contribution is -2.14. The molecule has 0 bridgehead atoms. The second kappa shape index (κ2) is 8.42. The van der Waals surface area contributed by atoms with Crippen molar-refractivity contribution in [2.45, 2.75) is 19.3 Å². The van der Waals surface area contributed by atoms with E-state index in [9.17, 15) is 14.9 Å². The van der Waals surface area contributed by atoms with Crippen LogP contribution in [0.3, 0.4) is 0 Å². The van der Waals surface area contributed by atoms with Crippen molar-refractivity contribution in [3.8, 4) is 11.3 Å². The summed E-state index contributed by atoms with van der Waals surface area (Å²) in [7, 11) is 0. The minimum absolute atomic E-state index is 0.0272. The number of non-ortho nitro benzene ring substituents is 1. The summed E-state index contributed by atoms with van der Waals surface area (Å²) in [6, 6.07) is 13.8. The fraction of sp³-hybridized carbons (Fsp3) is 0.136. The van der Waals surface area contributed by atoms with E-state index in [0.29, 0.717) is 46.8 Å². The van der Waals surface area contributed by atoms with Crippen molar-refractivity contribution in [1.29, 1.82) is 0 Å². The number of pyridine rings is 3. The van der Waals surface area contributed by atoms with Crippen LogP contribution in [0.4, 0.5) is 5.69 Å². The summed E-state index contributed by atoms with van der Waals surface area (Å²) >= 11 is 6.45. The molecule has 3 aromatic heterocycles. The lowest BCUT2D eigenvalue weighted by Gasteiger charge is -2.08. The number of aromatic nitrogens is 3. The minimum Gasteiger partial charge on any atom is -0.306 e. The normalized spacial score (nSPS) is 11.0. The highest BCUT2D eigenvalue weighted by Crippen LogP contribution is 2.25. The number of hydrogen-bond donors (Lipinski definition) is 1. The fourth-order valence-electron chi connectivity index (χ4n) is 3.39. The van der Waals surface area contributed by atoms with Crippen LogP contribution in [0.5, 0.6) is 0 Å². The first-order valence-corrected chi connectivity index (χ1v) is 9.76. The predicted molar refractivity (Wildman–Crippen MR) is 116 cm³/mol. The van der Waals surface area contributed by atoms with Crippen LogP contribution in [0.15, 0.2) is 65.7 Å². The van der Waals surface area contributed by atoms with E-state index in [2.05, 4.69) is 15.0 Å². The Morgan fingerprint density at radius 1 is 1.03 bits per heavy atom. The zero-order valence-electron chi connectivity index (χ0n) is 15.8. The minimum atomic E-state index is -0.423. The molecular weight excluding hydrogens is 404 g/mol. The van der Waals surface area contributed by atoms with Crippen molar-refractivity contribution in [2.75, 3.05) is 0 Å². The van der Waals surface area contributed by atoms with Crippen LogP contribution in [0.25, 0.3) is 22.3 Å². The molecule has 3 heterocycles. The Morgan fingerprint density at radius 2 is 1.90 bits per heavy atom. The molecule has 0 saturated carbocycles. The van der Waals surface area contributed by atoms with Gasteiger partial charge < -0.3 is 4.98 Å². The van der Waals surface area contributed by atoms with Crippen molar-refractivity contribution in [1.82, 2.24) is 15.0 Å². The third kappa shape index (κ3) is 4.06.